The van der Waals surface area contributed by atoms with Gasteiger partial charge in [0.25, 0.3) is 5.91 Å². The molecule has 0 saturated carbocycles. The second kappa shape index (κ2) is 5.49. The van der Waals surface area contributed by atoms with Crippen LogP contribution < -0.4 is 5.32 Å². The van der Waals surface area contributed by atoms with Gasteiger partial charge in [-0.15, -0.1) is 0 Å². The lowest BCUT2D eigenvalue weighted by atomic mass is 9.88. The van der Waals surface area contributed by atoms with Crippen LogP contribution in [-0.4, -0.2) is 27.4 Å². The molecule has 3 heterocycles. The molecule has 3 amide bonds. The second-order valence-electron chi connectivity index (χ2n) is 6.21. The molecule has 1 N–H and O–H groups in total. The number of urea groups is 1. The molecule has 1 saturated heterocycles. The highest BCUT2D eigenvalue weighted by molar-refractivity contribution is 7.08. The summed E-state index contributed by atoms with van der Waals surface area (Å²) in [6.07, 6.45) is 0. The van der Waals surface area contributed by atoms with E-state index in [2.05, 4.69) is 10.3 Å². The van der Waals surface area contributed by atoms with Crippen LogP contribution in [0.2, 0.25) is 0 Å². The third-order valence-corrected chi connectivity index (χ3v) is 5.11. The van der Waals surface area contributed by atoms with E-state index < -0.39 is 5.54 Å². The van der Waals surface area contributed by atoms with Crippen LogP contribution in [0, 0.1) is 12.8 Å². The fraction of sp³-hybridized carbons (Fsp3) is 0.438. The number of hydrogen-bond donors (Lipinski definition) is 1. The maximum Gasteiger partial charge on any atom is 0.325 e. The van der Waals surface area contributed by atoms with Gasteiger partial charge in [0.1, 0.15) is 17.0 Å². The van der Waals surface area contributed by atoms with Gasteiger partial charge in [-0.3, -0.25) is 9.69 Å². The van der Waals surface area contributed by atoms with Crippen molar-refractivity contribution in [3.8, 4) is 11.5 Å². The lowest BCUT2D eigenvalue weighted by molar-refractivity contribution is -0.132. The molecular weight excluding hydrogens is 314 g/mol. The van der Waals surface area contributed by atoms with E-state index in [0.29, 0.717) is 17.3 Å². The van der Waals surface area contributed by atoms with Crippen LogP contribution in [0.3, 0.4) is 0 Å². The SMILES string of the molecule is Cc1oc(-c2ccsc2)nc1CN1C(=O)NC(C)(C(C)C)C1=O. The zero-order chi connectivity index (χ0) is 16.8. The van der Waals surface area contributed by atoms with Gasteiger partial charge >= 0.3 is 6.03 Å². The smallest absolute Gasteiger partial charge is 0.325 e. The van der Waals surface area contributed by atoms with Crippen LogP contribution in [0.4, 0.5) is 4.79 Å². The first-order chi connectivity index (χ1) is 10.8. The zero-order valence-corrected chi connectivity index (χ0v) is 14.4. The first-order valence-electron chi connectivity index (χ1n) is 7.46. The minimum absolute atomic E-state index is 0.00345. The molecule has 2 aromatic rings. The molecule has 1 aliphatic rings. The molecule has 6 nitrogen and oxygen atoms in total. The van der Waals surface area contributed by atoms with E-state index in [1.807, 2.05) is 30.7 Å². The summed E-state index contributed by atoms with van der Waals surface area (Å²) in [5.74, 6) is 0.906. The number of rotatable bonds is 4. The fourth-order valence-electron chi connectivity index (χ4n) is 2.48. The molecule has 0 aliphatic carbocycles. The number of amides is 3. The van der Waals surface area contributed by atoms with Gasteiger partial charge in [-0.2, -0.15) is 11.3 Å². The number of carbonyl (C=O) groups is 2. The van der Waals surface area contributed by atoms with Crippen LogP contribution in [0.15, 0.2) is 21.2 Å². The number of nitrogens with zero attached hydrogens (tertiary/aromatic N) is 2. The zero-order valence-electron chi connectivity index (χ0n) is 13.5. The Morgan fingerprint density at radius 2 is 2.17 bits per heavy atom. The van der Waals surface area contributed by atoms with Gasteiger partial charge in [0.2, 0.25) is 5.89 Å². The molecule has 122 valence electrons. The van der Waals surface area contributed by atoms with Crippen LogP contribution in [0.25, 0.3) is 11.5 Å². The molecule has 1 unspecified atom stereocenters. The number of oxazole rings is 1. The highest BCUT2D eigenvalue weighted by atomic mass is 32.1. The average Bonchev–Trinajstić information content (AvgIpc) is 3.17. The summed E-state index contributed by atoms with van der Waals surface area (Å²) in [4.78, 5) is 30.5. The van der Waals surface area contributed by atoms with Crippen molar-refractivity contribution in [1.82, 2.24) is 15.2 Å². The third-order valence-electron chi connectivity index (χ3n) is 4.42. The summed E-state index contributed by atoms with van der Waals surface area (Å²) >= 11 is 1.56. The molecule has 3 rings (SSSR count). The highest BCUT2D eigenvalue weighted by Gasteiger charge is 2.49. The Balaban J connectivity index is 1.85. The van der Waals surface area contributed by atoms with E-state index in [4.69, 9.17) is 4.42 Å². The number of thiophene rings is 1. The molecule has 0 aromatic carbocycles. The van der Waals surface area contributed by atoms with Gasteiger partial charge in [0.05, 0.1) is 6.54 Å². The van der Waals surface area contributed by atoms with Crippen LogP contribution >= 0.6 is 11.3 Å². The molecule has 23 heavy (non-hydrogen) atoms. The summed E-state index contributed by atoms with van der Waals surface area (Å²) in [6.45, 7) is 7.49. The summed E-state index contributed by atoms with van der Waals surface area (Å²) in [5, 5.41) is 6.67. The lowest BCUT2D eigenvalue weighted by Crippen LogP contribution is -2.48. The van der Waals surface area contributed by atoms with Crippen molar-refractivity contribution in [2.45, 2.75) is 39.8 Å². The van der Waals surface area contributed by atoms with Crippen LogP contribution in [-0.2, 0) is 11.3 Å². The van der Waals surface area contributed by atoms with Gasteiger partial charge < -0.3 is 9.73 Å². The molecule has 7 heteroatoms. The van der Waals surface area contributed by atoms with Gasteiger partial charge in [0.15, 0.2) is 0 Å². The molecule has 0 bridgehead atoms. The first-order valence-corrected chi connectivity index (χ1v) is 8.40. The minimum atomic E-state index is -0.870. The van der Waals surface area contributed by atoms with Crippen LogP contribution in [0.1, 0.15) is 32.2 Å². The Labute approximate surface area is 138 Å². The highest BCUT2D eigenvalue weighted by Crippen LogP contribution is 2.29. The normalized spacial score (nSPS) is 21.3. The van der Waals surface area contributed by atoms with Gasteiger partial charge in [0, 0.05) is 10.9 Å². The summed E-state index contributed by atoms with van der Waals surface area (Å²) in [6, 6.07) is 1.54. The second-order valence-corrected chi connectivity index (χ2v) is 6.99. The van der Waals surface area contributed by atoms with Gasteiger partial charge in [-0.1, -0.05) is 13.8 Å². The van der Waals surface area contributed by atoms with Gasteiger partial charge in [-0.05, 0) is 31.2 Å². The largest absolute Gasteiger partial charge is 0.441 e. The summed E-state index contributed by atoms with van der Waals surface area (Å²) < 4.78 is 5.67. The predicted molar refractivity (Wildman–Crippen MR) is 86.9 cm³/mol. The first kappa shape index (κ1) is 15.7. The lowest BCUT2D eigenvalue weighted by Gasteiger charge is -2.25. The quantitative estimate of drug-likeness (QED) is 0.872. The van der Waals surface area contributed by atoms with Crippen molar-refractivity contribution in [2.24, 2.45) is 5.92 Å². The fourth-order valence-corrected chi connectivity index (χ4v) is 3.11. The van der Waals surface area contributed by atoms with Gasteiger partial charge in [-0.25, -0.2) is 9.78 Å². The number of carbonyl (C=O) groups excluding carboxylic acids is 2. The molecule has 1 fully saturated rings. The molecule has 1 atom stereocenters. The molecule has 0 spiro atoms. The topological polar surface area (TPSA) is 75.4 Å². The molecule has 2 aromatic heterocycles. The Morgan fingerprint density at radius 1 is 1.43 bits per heavy atom. The van der Waals surface area contributed by atoms with E-state index in [9.17, 15) is 9.59 Å². The number of imide groups is 1. The van der Waals surface area contributed by atoms with E-state index in [0.717, 1.165) is 5.56 Å². The minimum Gasteiger partial charge on any atom is -0.441 e. The van der Waals surface area contributed by atoms with Crippen molar-refractivity contribution in [3.05, 3.63) is 28.3 Å². The Kier molecular flexibility index (Phi) is 3.75. The summed E-state index contributed by atoms with van der Waals surface area (Å²) in [7, 11) is 0. The van der Waals surface area contributed by atoms with Crippen molar-refractivity contribution in [3.63, 3.8) is 0 Å². The average molecular weight is 333 g/mol. The van der Waals surface area contributed by atoms with E-state index in [1.165, 1.54) is 4.90 Å². The van der Waals surface area contributed by atoms with E-state index in [-0.39, 0.29) is 24.4 Å². The predicted octanol–water partition coefficient (Wildman–Crippen LogP) is 3.18. The number of aryl methyl sites for hydroxylation is 1. The number of hydrogen-bond acceptors (Lipinski definition) is 5. The molecular formula is C16H19N3O3S. The number of nitrogens with one attached hydrogen (secondary N) is 1. The maximum absolute atomic E-state index is 12.6. The molecule has 0 radical (unpaired) electrons. The van der Waals surface area contributed by atoms with E-state index in [1.54, 1.807) is 25.2 Å². The van der Waals surface area contributed by atoms with Crippen LogP contribution in [0.5, 0.6) is 0 Å². The van der Waals surface area contributed by atoms with Crippen molar-refractivity contribution in [2.75, 3.05) is 0 Å². The standard InChI is InChI=1S/C16H19N3O3S/c1-9(2)16(4)14(20)19(15(21)18-16)7-12-10(3)22-13(17-12)11-5-6-23-8-11/h5-6,8-9H,7H2,1-4H3,(H,18,21). The third kappa shape index (κ3) is 2.55. The molecule has 1 aliphatic heterocycles. The number of aromatic nitrogens is 1. The maximum atomic E-state index is 12.6. The van der Waals surface area contributed by atoms with E-state index >= 15 is 0 Å². The Morgan fingerprint density at radius 3 is 2.74 bits per heavy atom. The van der Waals surface area contributed by atoms with Crippen molar-refractivity contribution in [1.29, 1.82) is 0 Å². The monoisotopic (exact) mass is 333 g/mol. The van der Waals surface area contributed by atoms with Crippen molar-refractivity contribution >= 4 is 23.3 Å². The Hall–Kier alpha value is -2.15. The summed E-state index contributed by atoms with van der Waals surface area (Å²) in [5.41, 5.74) is 0.626. The Bertz CT molecular complexity index is 751. The van der Waals surface area contributed by atoms with Crippen molar-refractivity contribution < 1.29 is 14.0 Å².